The van der Waals surface area contributed by atoms with Gasteiger partial charge in [0.15, 0.2) is 5.60 Å². The van der Waals surface area contributed by atoms with E-state index in [1.165, 1.54) is 19.3 Å². The van der Waals surface area contributed by atoms with Crippen LogP contribution in [0.3, 0.4) is 0 Å². The molecule has 0 atom stereocenters. The standard InChI is InChI=1S/C27H40N2O3/c1-5-16-28-23-18-22(25(30)29(19(2)3)21-12-8-6-9-13-21)20(4)17-24(23)32-27(26(28)31)14-10-7-11-15-27/h17-19,21H,5-16H2,1-4H3. The van der Waals surface area contributed by atoms with Crippen LogP contribution in [0.4, 0.5) is 5.69 Å². The summed E-state index contributed by atoms with van der Waals surface area (Å²) >= 11 is 0. The first-order valence-electron chi connectivity index (χ1n) is 12.9. The third kappa shape index (κ3) is 4.15. The molecule has 0 N–H and O–H groups in total. The van der Waals surface area contributed by atoms with E-state index in [0.29, 0.717) is 18.2 Å². The molecule has 0 bridgehead atoms. The van der Waals surface area contributed by atoms with Crippen LogP contribution in [0.25, 0.3) is 0 Å². The van der Waals surface area contributed by atoms with Gasteiger partial charge < -0.3 is 14.5 Å². The Morgan fingerprint density at radius 2 is 1.78 bits per heavy atom. The fraction of sp³-hybridized carbons (Fsp3) is 0.704. The van der Waals surface area contributed by atoms with Crippen LogP contribution in [0, 0.1) is 6.92 Å². The summed E-state index contributed by atoms with van der Waals surface area (Å²) in [6, 6.07) is 4.40. The Balaban J connectivity index is 1.72. The van der Waals surface area contributed by atoms with Gasteiger partial charge in [0.25, 0.3) is 11.8 Å². The molecule has 1 heterocycles. The van der Waals surface area contributed by atoms with Crippen molar-refractivity contribution in [1.82, 2.24) is 4.90 Å². The van der Waals surface area contributed by atoms with Crippen molar-refractivity contribution >= 4 is 17.5 Å². The normalized spacial score (nSPS) is 20.9. The van der Waals surface area contributed by atoms with E-state index in [0.717, 1.165) is 68.4 Å². The molecule has 1 spiro atoms. The van der Waals surface area contributed by atoms with E-state index in [9.17, 15) is 9.59 Å². The lowest BCUT2D eigenvalue weighted by atomic mass is 9.82. The molecule has 32 heavy (non-hydrogen) atoms. The third-order valence-electron chi connectivity index (χ3n) is 7.63. The molecule has 2 saturated carbocycles. The first kappa shape index (κ1) is 23.1. The van der Waals surface area contributed by atoms with Gasteiger partial charge in [-0.05, 0) is 83.4 Å². The summed E-state index contributed by atoms with van der Waals surface area (Å²) in [7, 11) is 0. The van der Waals surface area contributed by atoms with Crippen LogP contribution in [0.15, 0.2) is 12.1 Å². The molecule has 2 fully saturated rings. The van der Waals surface area contributed by atoms with Crippen LogP contribution in [0.2, 0.25) is 0 Å². The van der Waals surface area contributed by atoms with Crippen LogP contribution in [0.5, 0.6) is 5.75 Å². The van der Waals surface area contributed by atoms with Crippen LogP contribution in [-0.2, 0) is 4.79 Å². The number of carbonyl (C=O) groups is 2. The molecule has 0 unspecified atom stereocenters. The van der Waals surface area contributed by atoms with Gasteiger partial charge in [-0.15, -0.1) is 0 Å². The maximum atomic E-state index is 13.8. The smallest absolute Gasteiger partial charge is 0.271 e. The highest BCUT2D eigenvalue weighted by Gasteiger charge is 2.49. The summed E-state index contributed by atoms with van der Waals surface area (Å²) in [4.78, 5) is 31.4. The van der Waals surface area contributed by atoms with Gasteiger partial charge in [-0.3, -0.25) is 9.59 Å². The average Bonchev–Trinajstić information content (AvgIpc) is 2.78. The van der Waals surface area contributed by atoms with Gasteiger partial charge in [-0.1, -0.05) is 32.6 Å². The Morgan fingerprint density at radius 3 is 2.41 bits per heavy atom. The second kappa shape index (κ2) is 9.44. The number of aryl methyl sites for hydroxylation is 1. The summed E-state index contributed by atoms with van der Waals surface area (Å²) in [6.45, 7) is 8.99. The molecule has 1 aliphatic heterocycles. The SMILES string of the molecule is CCCN1C(=O)C2(CCCCC2)Oc2cc(C)c(C(=O)N(C(C)C)C3CCCCC3)cc21. The zero-order valence-electron chi connectivity index (χ0n) is 20.4. The number of ether oxygens (including phenoxy) is 1. The zero-order valence-corrected chi connectivity index (χ0v) is 20.4. The molecule has 0 saturated heterocycles. The highest BCUT2D eigenvalue weighted by Crippen LogP contribution is 2.45. The fourth-order valence-electron chi connectivity index (χ4n) is 6.01. The fourth-order valence-corrected chi connectivity index (χ4v) is 6.01. The second-order valence-corrected chi connectivity index (χ2v) is 10.3. The number of carbonyl (C=O) groups excluding carboxylic acids is 2. The number of nitrogens with zero attached hydrogens (tertiary/aromatic N) is 2. The molecule has 2 amide bonds. The predicted octanol–water partition coefficient (Wildman–Crippen LogP) is 6.02. The number of amides is 2. The second-order valence-electron chi connectivity index (χ2n) is 10.3. The van der Waals surface area contributed by atoms with Gasteiger partial charge >= 0.3 is 0 Å². The van der Waals surface area contributed by atoms with Gasteiger partial charge in [-0.2, -0.15) is 0 Å². The van der Waals surface area contributed by atoms with Crippen LogP contribution in [0.1, 0.15) is 107 Å². The molecule has 4 rings (SSSR count). The minimum atomic E-state index is -0.718. The first-order valence-corrected chi connectivity index (χ1v) is 12.9. The van der Waals surface area contributed by atoms with E-state index >= 15 is 0 Å². The van der Waals surface area contributed by atoms with Crippen molar-refractivity contribution in [2.24, 2.45) is 0 Å². The van der Waals surface area contributed by atoms with Crippen molar-refractivity contribution < 1.29 is 14.3 Å². The van der Waals surface area contributed by atoms with E-state index < -0.39 is 5.60 Å². The minimum absolute atomic E-state index is 0.0850. The molecule has 5 nitrogen and oxygen atoms in total. The lowest BCUT2D eigenvalue weighted by Gasteiger charge is -2.45. The molecule has 1 aromatic rings. The molecule has 176 valence electrons. The van der Waals surface area contributed by atoms with Crippen molar-refractivity contribution in [2.45, 2.75) is 116 Å². The summed E-state index contributed by atoms with van der Waals surface area (Å²) in [5, 5.41) is 0. The Kier molecular flexibility index (Phi) is 6.83. The van der Waals surface area contributed by atoms with E-state index in [1.807, 2.05) is 24.0 Å². The highest BCUT2D eigenvalue weighted by atomic mass is 16.5. The van der Waals surface area contributed by atoms with Crippen molar-refractivity contribution in [2.75, 3.05) is 11.4 Å². The van der Waals surface area contributed by atoms with Crippen molar-refractivity contribution in [3.8, 4) is 5.75 Å². The molecule has 5 heteroatoms. The maximum absolute atomic E-state index is 13.8. The van der Waals surface area contributed by atoms with Crippen LogP contribution in [-0.4, -0.2) is 40.9 Å². The van der Waals surface area contributed by atoms with Crippen molar-refractivity contribution in [3.05, 3.63) is 23.3 Å². The quantitative estimate of drug-likeness (QED) is 0.563. The molecular weight excluding hydrogens is 400 g/mol. The summed E-state index contributed by atoms with van der Waals surface area (Å²) in [5.74, 6) is 0.943. The summed E-state index contributed by atoms with van der Waals surface area (Å²) in [5.41, 5.74) is 1.70. The molecule has 1 aromatic carbocycles. The molecule has 0 aromatic heterocycles. The van der Waals surface area contributed by atoms with Crippen molar-refractivity contribution in [3.63, 3.8) is 0 Å². The first-order chi connectivity index (χ1) is 15.4. The number of hydrogen-bond donors (Lipinski definition) is 0. The predicted molar refractivity (Wildman–Crippen MR) is 128 cm³/mol. The van der Waals surface area contributed by atoms with Crippen LogP contribution >= 0.6 is 0 Å². The minimum Gasteiger partial charge on any atom is -0.475 e. The van der Waals surface area contributed by atoms with Gasteiger partial charge in [0.05, 0.1) is 5.69 Å². The largest absolute Gasteiger partial charge is 0.475 e. The number of hydrogen-bond acceptors (Lipinski definition) is 3. The van der Waals surface area contributed by atoms with Gasteiger partial charge in [0, 0.05) is 24.2 Å². The summed E-state index contributed by atoms with van der Waals surface area (Å²) < 4.78 is 6.47. The van der Waals surface area contributed by atoms with Gasteiger partial charge in [0.2, 0.25) is 0 Å². The van der Waals surface area contributed by atoms with Crippen molar-refractivity contribution in [1.29, 1.82) is 0 Å². The molecule has 2 aliphatic carbocycles. The maximum Gasteiger partial charge on any atom is 0.271 e. The lowest BCUT2D eigenvalue weighted by Crippen LogP contribution is -2.57. The number of benzene rings is 1. The summed E-state index contributed by atoms with van der Waals surface area (Å²) in [6.07, 6.45) is 11.5. The Morgan fingerprint density at radius 1 is 1.12 bits per heavy atom. The third-order valence-corrected chi connectivity index (χ3v) is 7.63. The Hall–Kier alpha value is -2.04. The average molecular weight is 441 g/mol. The van der Waals surface area contributed by atoms with E-state index in [4.69, 9.17) is 4.74 Å². The van der Waals surface area contributed by atoms with Gasteiger partial charge in [0.1, 0.15) is 5.75 Å². The van der Waals surface area contributed by atoms with Crippen LogP contribution < -0.4 is 9.64 Å². The number of anilines is 1. The lowest BCUT2D eigenvalue weighted by molar-refractivity contribution is -0.138. The van der Waals surface area contributed by atoms with E-state index in [1.54, 1.807) is 0 Å². The monoisotopic (exact) mass is 440 g/mol. The number of fused-ring (bicyclic) bond motifs is 1. The van der Waals surface area contributed by atoms with Gasteiger partial charge in [-0.25, -0.2) is 0 Å². The Labute approximate surface area is 193 Å². The molecule has 3 aliphatic rings. The Bertz CT molecular complexity index is 851. The van der Waals surface area contributed by atoms with E-state index in [-0.39, 0.29) is 17.9 Å². The number of rotatable bonds is 5. The topological polar surface area (TPSA) is 49.9 Å². The highest BCUT2D eigenvalue weighted by molar-refractivity contribution is 6.05. The van der Waals surface area contributed by atoms with E-state index in [2.05, 4.69) is 25.7 Å². The molecular formula is C27H40N2O3. The molecule has 0 radical (unpaired) electrons. The zero-order chi connectivity index (χ0) is 22.9.